The first kappa shape index (κ1) is 11.8. The predicted octanol–water partition coefficient (Wildman–Crippen LogP) is -0.0986. The molecule has 1 aliphatic heterocycles. The number of carbonyl (C=O) groups is 1. The molecule has 0 aromatic carbocycles. The third-order valence-corrected chi connectivity index (χ3v) is 3.94. The molecule has 0 unspecified atom stereocenters. The number of fused-ring (bicyclic) bond motifs is 1. The van der Waals surface area contributed by atoms with E-state index in [9.17, 15) is 15.0 Å². The Balaban J connectivity index is 2.28. The highest BCUT2D eigenvalue weighted by Crippen LogP contribution is 2.49. The fourth-order valence-electron chi connectivity index (χ4n) is 3.07. The van der Waals surface area contributed by atoms with Crippen molar-refractivity contribution >= 4 is 5.97 Å². The van der Waals surface area contributed by atoms with Crippen molar-refractivity contribution in [1.29, 1.82) is 0 Å². The Labute approximate surface area is 94.4 Å². The van der Waals surface area contributed by atoms with Gasteiger partial charge in [0.1, 0.15) is 0 Å². The van der Waals surface area contributed by atoms with E-state index in [1.807, 2.05) is 0 Å². The summed E-state index contributed by atoms with van der Waals surface area (Å²) in [6, 6.07) is 0. The Morgan fingerprint density at radius 1 is 1.62 bits per heavy atom. The maximum absolute atomic E-state index is 11.6. The molecule has 0 aromatic heterocycles. The van der Waals surface area contributed by atoms with Gasteiger partial charge in [0.25, 0.3) is 0 Å². The average Bonchev–Trinajstić information content (AvgIpc) is 2.54. The summed E-state index contributed by atoms with van der Waals surface area (Å²) in [5, 5.41) is 19.5. The second-order valence-corrected chi connectivity index (χ2v) is 4.92. The fourth-order valence-corrected chi connectivity index (χ4v) is 3.07. The van der Waals surface area contributed by atoms with E-state index in [1.54, 1.807) is 6.92 Å². The summed E-state index contributed by atoms with van der Waals surface area (Å²) in [7, 11) is 1.46. The summed E-state index contributed by atoms with van der Waals surface area (Å²) >= 11 is 0. The third-order valence-electron chi connectivity index (χ3n) is 3.94. The molecule has 0 spiro atoms. The van der Waals surface area contributed by atoms with E-state index >= 15 is 0 Å². The van der Waals surface area contributed by atoms with Crippen LogP contribution in [0.25, 0.3) is 0 Å². The van der Waals surface area contributed by atoms with Gasteiger partial charge in [-0.2, -0.15) is 0 Å². The number of esters is 1. The van der Waals surface area contributed by atoms with Crippen LogP contribution in [0.1, 0.15) is 19.8 Å². The molecular formula is C11H18O5. The number of aliphatic hydroxyl groups is 2. The Hall–Kier alpha value is -0.650. The Morgan fingerprint density at radius 2 is 2.31 bits per heavy atom. The standard InChI is InChI=1S/C11H18O5/c1-11(14)4-3-6-7(5-12)9(13)16-10(15-2)8(6)11/h6-8,10,12,14H,3-5H2,1-2H3/t6-,7+,8-,10-,11+/m1/s1. The van der Waals surface area contributed by atoms with Crippen molar-refractivity contribution in [2.75, 3.05) is 13.7 Å². The summed E-state index contributed by atoms with van der Waals surface area (Å²) in [5.74, 6) is -1.24. The zero-order chi connectivity index (χ0) is 11.9. The first-order valence-electron chi connectivity index (χ1n) is 5.58. The summed E-state index contributed by atoms with van der Waals surface area (Å²) in [5.41, 5.74) is -0.889. The van der Waals surface area contributed by atoms with E-state index < -0.39 is 23.8 Å². The Kier molecular flexibility index (Phi) is 2.94. The van der Waals surface area contributed by atoms with Crippen molar-refractivity contribution in [1.82, 2.24) is 0 Å². The van der Waals surface area contributed by atoms with E-state index in [0.717, 1.165) is 6.42 Å². The summed E-state index contributed by atoms with van der Waals surface area (Å²) in [4.78, 5) is 11.6. The highest BCUT2D eigenvalue weighted by atomic mass is 16.7. The normalized spacial score (nSPS) is 47.6. The monoisotopic (exact) mass is 230 g/mol. The number of hydrogen-bond acceptors (Lipinski definition) is 5. The second-order valence-electron chi connectivity index (χ2n) is 4.92. The quantitative estimate of drug-likeness (QED) is 0.648. The molecule has 1 heterocycles. The maximum atomic E-state index is 11.6. The zero-order valence-corrected chi connectivity index (χ0v) is 9.55. The van der Waals surface area contributed by atoms with E-state index in [2.05, 4.69) is 0 Å². The van der Waals surface area contributed by atoms with Crippen LogP contribution in [0.5, 0.6) is 0 Å². The van der Waals surface area contributed by atoms with Crippen molar-refractivity contribution in [3.63, 3.8) is 0 Å². The van der Waals surface area contributed by atoms with Crippen molar-refractivity contribution in [3.8, 4) is 0 Å². The molecule has 92 valence electrons. The molecular weight excluding hydrogens is 212 g/mol. The molecule has 16 heavy (non-hydrogen) atoms. The first-order chi connectivity index (χ1) is 7.51. The van der Waals surface area contributed by atoms with Crippen LogP contribution in [0.3, 0.4) is 0 Å². The van der Waals surface area contributed by atoms with Gasteiger partial charge < -0.3 is 19.7 Å². The van der Waals surface area contributed by atoms with Crippen LogP contribution < -0.4 is 0 Å². The number of methoxy groups -OCH3 is 1. The van der Waals surface area contributed by atoms with Crippen molar-refractivity contribution < 1.29 is 24.5 Å². The van der Waals surface area contributed by atoms with Gasteiger partial charge in [0, 0.05) is 7.11 Å². The van der Waals surface area contributed by atoms with Crippen LogP contribution in [0, 0.1) is 17.8 Å². The predicted molar refractivity (Wildman–Crippen MR) is 54.3 cm³/mol. The number of ether oxygens (including phenoxy) is 2. The smallest absolute Gasteiger partial charge is 0.313 e. The molecule has 1 aliphatic carbocycles. The summed E-state index contributed by atoms with van der Waals surface area (Å²) in [6.07, 6.45) is 0.630. The van der Waals surface area contributed by atoms with Gasteiger partial charge >= 0.3 is 5.97 Å². The van der Waals surface area contributed by atoms with Gasteiger partial charge in [-0.05, 0) is 25.7 Å². The van der Waals surface area contributed by atoms with Crippen molar-refractivity contribution in [3.05, 3.63) is 0 Å². The Morgan fingerprint density at radius 3 is 2.88 bits per heavy atom. The first-order valence-corrected chi connectivity index (χ1v) is 5.58. The van der Waals surface area contributed by atoms with Gasteiger partial charge in [0.05, 0.1) is 24.0 Å². The highest BCUT2D eigenvalue weighted by molar-refractivity contribution is 5.74. The molecule has 2 rings (SSSR count). The van der Waals surface area contributed by atoms with Gasteiger partial charge in [0.2, 0.25) is 6.29 Å². The third kappa shape index (κ3) is 1.63. The topological polar surface area (TPSA) is 76.0 Å². The Bertz CT molecular complexity index is 288. The van der Waals surface area contributed by atoms with Crippen LogP contribution >= 0.6 is 0 Å². The molecule has 5 nitrogen and oxygen atoms in total. The number of hydrogen-bond donors (Lipinski definition) is 2. The van der Waals surface area contributed by atoms with Gasteiger partial charge in [-0.15, -0.1) is 0 Å². The van der Waals surface area contributed by atoms with Crippen molar-refractivity contribution in [2.24, 2.45) is 17.8 Å². The molecule has 2 aliphatic rings. The van der Waals surface area contributed by atoms with Crippen molar-refractivity contribution in [2.45, 2.75) is 31.7 Å². The molecule has 2 N–H and O–H groups in total. The van der Waals surface area contributed by atoms with Crippen LogP contribution in [0.15, 0.2) is 0 Å². The molecule has 5 heteroatoms. The van der Waals surface area contributed by atoms with E-state index in [0.29, 0.717) is 6.42 Å². The second kappa shape index (κ2) is 3.98. The lowest BCUT2D eigenvalue weighted by molar-refractivity contribution is -0.232. The number of aliphatic hydroxyl groups excluding tert-OH is 1. The molecule has 5 atom stereocenters. The molecule has 0 bridgehead atoms. The summed E-state index contributed by atoms with van der Waals surface area (Å²) < 4.78 is 10.2. The SMILES string of the molecule is CO[C@@H]1OC(=O)[C@@H](CO)[C@H]2CC[C@](C)(O)[C@@H]12. The van der Waals surface area contributed by atoms with Gasteiger partial charge in [-0.25, -0.2) is 0 Å². The number of cyclic esters (lactones) is 1. The van der Waals surface area contributed by atoms with E-state index in [4.69, 9.17) is 9.47 Å². The molecule has 0 amide bonds. The lowest BCUT2D eigenvalue weighted by Gasteiger charge is -2.41. The maximum Gasteiger partial charge on any atom is 0.313 e. The lowest BCUT2D eigenvalue weighted by atomic mass is 9.77. The van der Waals surface area contributed by atoms with E-state index in [-0.39, 0.29) is 18.4 Å². The minimum atomic E-state index is -0.889. The number of carbonyl (C=O) groups excluding carboxylic acids is 1. The van der Waals surface area contributed by atoms with E-state index in [1.165, 1.54) is 7.11 Å². The van der Waals surface area contributed by atoms with Gasteiger partial charge in [-0.1, -0.05) is 0 Å². The van der Waals surface area contributed by atoms with Crippen LogP contribution in [-0.4, -0.2) is 41.8 Å². The van der Waals surface area contributed by atoms with Crippen LogP contribution in [-0.2, 0) is 14.3 Å². The molecule has 0 aromatic rings. The molecule has 1 saturated carbocycles. The average molecular weight is 230 g/mol. The van der Waals surface area contributed by atoms with Crippen LogP contribution in [0.2, 0.25) is 0 Å². The largest absolute Gasteiger partial charge is 0.435 e. The zero-order valence-electron chi connectivity index (χ0n) is 9.55. The lowest BCUT2D eigenvalue weighted by Crippen LogP contribution is -2.51. The highest BCUT2D eigenvalue weighted by Gasteiger charge is 2.56. The summed E-state index contributed by atoms with van der Waals surface area (Å²) in [6.45, 7) is 1.50. The minimum Gasteiger partial charge on any atom is -0.435 e. The number of rotatable bonds is 2. The van der Waals surface area contributed by atoms with Gasteiger partial charge in [0.15, 0.2) is 0 Å². The molecule has 0 radical (unpaired) electrons. The van der Waals surface area contributed by atoms with Crippen LogP contribution in [0.4, 0.5) is 0 Å². The molecule has 2 fully saturated rings. The van der Waals surface area contributed by atoms with Gasteiger partial charge in [-0.3, -0.25) is 4.79 Å². The minimum absolute atomic E-state index is 0.0498. The molecule has 1 saturated heterocycles. The fraction of sp³-hybridized carbons (Fsp3) is 0.909.